The van der Waals surface area contributed by atoms with Crippen LogP contribution in [0.4, 0.5) is 0 Å². The van der Waals surface area contributed by atoms with Crippen molar-refractivity contribution in [3.63, 3.8) is 0 Å². The van der Waals surface area contributed by atoms with Gasteiger partial charge in [0.25, 0.3) is 0 Å². The largest absolute Gasteiger partial charge is 0.330 e. The van der Waals surface area contributed by atoms with Gasteiger partial charge in [-0.3, -0.25) is 0 Å². The lowest BCUT2D eigenvalue weighted by Crippen LogP contribution is -2.34. The van der Waals surface area contributed by atoms with Crippen molar-refractivity contribution in [3.05, 3.63) is 0 Å². The Kier molecular flexibility index (Phi) is 1.69. The molecule has 2 saturated carbocycles. The predicted octanol–water partition coefficient (Wildman–Crippen LogP) is 0.710. The van der Waals surface area contributed by atoms with Crippen molar-refractivity contribution in [1.29, 1.82) is 0 Å². The molecule has 3 unspecified atom stereocenters. The summed E-state index contributed by atoms with van der Waals surface area (Å²) in [5.41, 5.74) is 12.0. The average Bonchev–Trinajstić information content (AvgIpc) is 2.78. The van der Waals surface area contributed by atoms with Crippen LogP contribution in [0.2, 0.25) is 0 Å². The maximum Gasteiger partial charge on any atom is -0.00146 e. The van der Waals surface area contributed by atoms with Crippen molar-refractivity contribution < 1.29 is 0 Å². The molecular formula is C9H18N2. The SMILES string of the molecule is NCC1CCCC2CC12CN. The van der Waals surface area contributed by atoms with Crippen molar-refractivity contribution in [2.24, 2.45) is 28.7 Å². The van der Waals surface area contributed by atoms with Crippen molar-refractivity contribution in [2.45, 2.75) is 25.7 Å². The molecule has 0 amide bonds. The first-order chi connectivity index (χ1) is 5.33. The predicted molar refractivity (Wildman–Crippen MR) is 46.0 cm³/mol. The Morgan fingerprint density at radius 3 is 2.64 bits per heavy atom. The average molecular weight is 154 g/mol. The van der Waals surface area contributed by atoms with Crippen LogP contribution in [0.1, 0.15) is 25.7 Å². The van der Waals surface area contributed by atoms with E-state index in [2.05, 4.69) is 0 Å². The van der Waals surface area contributed by atoms with E-state index in [1.807, 2.05) is 0 Å². The fraction of sp³-hybridized carbons (Fsp3) is 1.00. The van der Waals surface area contributed by atoms with Crippen LogP contribution in [0.15, 0.2) is 0 Å². The topological polar surface area (TPSA) is 52.0 Å². The fourth-order valence-electron chi connectivity index (χ4n) is 2.96. The first kappa shape index (κ1) is 7.56. The molecule has 0 aromatic rings. The molecule has 0 saturated heterocycles. The molecule has 11 heavy (non-hydrogen) atoms. The quantitative estimate of drug-likeness (QED) is 0.615. The third-order valence-corrected chi connectivity index (χ3v) is 3.86. The number of hydrogen-bond acceptors (Lipinski definition) is 2. The second kappa shape index (κ2) is 2.46. The van der Waals surface area contributed by atoms with E-state index in [1.165, 1.54) is 25.7 Å². The lowest BCUT2D eigenvalue weighted by Gasteiger charge is -2.29. The lowest BCUT2D eigenvalue weighted by molar-refractivity contribution is 0.228. The summed E-state index contributed by atoms with van der Waals surface area (Å²) in [5, 5.41) is 0. The van der Waals surface area contributed by atoms with Crippen LogP contribution < -0.4 is 11.5 Å². The highest BCUT2D eigenvalue weighted by Gasteiger charge is 2.58. The summed E-state index contributed by atoms with van der Waals surface area (Å²) in [6.45, 7) is 1.73. The summed E-state index contributed by atoms with van der Waals surface area (Å²) >= 11 is 0. The van der Waals surface area contributed by atoms with Gasteiger partial charge in [-0.05, 0) is 49.6 Å². The molecule has 0 aromatic carbocycles. The van der Waals surface area contributed by atoms with Crippen LogP contribution in [0.25, 0.3) is 0 Å². The molecule has 0 aromatic heterocycles. The molecule has 0 radical (unpaired) electrons. The van der Waals surface area contributed by atoms with Gasteiger partial charge in [-0.25, -0.2) is 0 Å². The minimum Gasteiger partial charge on any atom is -0.330 e. The van der Waals surface area contributed by atoms with Crippen molar-refractivity contribution in [2.75, 3.05) is 13.1 Å². The summed E-state index contributed by atoms with van der Waals surface area (Å²) in [6, 6.07) is 0. The first-order valence-electron chi connectivity index (χ1n) is 4.73. The van der Waals surface area contributed by atoms with Crippen LogP contribution in [-0.4, -0.2) is 13.1 Å². The minimum absolute atomic E-state index is 0.507. The monoisotopic (exact) mass is 154 g/mol. The van der Waals surface area contributed by atoms with E-state index in [-0.39, 0.29) is 0 Å². The summed E-state index contributed by atoms with van der Waals surface area (Å²) in [7, 11) is 0. The van der Waals surface area contributed by atoms with Crippen molar-refractivity contribution in [3.8, 4) is 0 Å². The van der Waals surface area contributed by atoms with E-state index >= 15 is 0 Å². The molecule has 64 valence electrons. The minimum atomic E-state index is 0.507. The van der Waals surface area contributed by atoms with Gasteiger partial charge in [0.05, 0.1) is 0 Å². The molecule has 0 heterocycles. The molecular weight excluding hydrogens is 136 g/mol. The van der Waals surface area contributed by atoms with Gasteiger partial charge in [0.2, 0.25) is 0 Å². The number of nitrogens with two attached hydrogens (primary N) is 2. The third-order valence-electron chi connectivity index (χ3n) is 3.86. The molecule has 2 aliphatic carbocycles. The number of rotatable bonds is 2. The number of fused-ring (bicyclic) bond motifs is 1. The van der Waals surface area contributed by atoms with Crippen molar-refractivity contribution >= 4 is 0 Å². The van der Waals surface area contributed by atoms with E-state index in [0.717, 1.165) is 24.9 Å². The van der Waals surface area contributed by atoms with Gasteiger partial charge in [0.15, 0.2) is 0 Å². The second-order valence-electron chi connectivity index (χ2n) is 4.20. The van der Waals surface area contributed by atoms with E-state index in [0.29, 0.717) is 5.41 Å². The van der Waals surface area contributed by atoms with Gasteiger partial charge in [0, 0.05) is 0 Å². The normalized spacial score (nSPS) is 48.5. The maximum absolute atomic E-state index is 5.79. The van der Waals surface area contributed by atoms with Crippen LogP contribution in [0.5, 0.6) is 0 Å². The Bertz CT molecular complexity index is 158. The summed E-state index contributed by atoms with van der Waals surface area (Å²) in [4.78, 5) is 0. The molecule has 2 heteroatoms. The zero-order valence-corrected chi connectivity index (χ0v) is 7.05. The van der Waals surface area contributed by atoms with Gasteiger partial charge in [-0.2, -0.15) is 0 Å². The highest BCUT2D eigenvalue weighted by molar-refractivity contribution is 5.09. The van der Waals surface area contributed by atoms with E-state index in [9.17, 15) is 0 Å². The van der Waals surface area contributed by atoms with E-state index in [1.54, 1.807) is 0 Å². The maximum atomic E-state index is 5.79. The molecule has 0 aliphatic heterocycles. The fourth-order valence-corrected chi connectivity index (χ4v) is 2.96. The van der Waals surface area contributed by atoms with Crippen LogP contribution in [-0.2, 0) is 0 Å². The Labute approximate surface area is 68.3 Å². The number of hydrogen-bond donors (Lipinski definition) is 2. The molecule has 2 fully saturated rings. The molecule has 3 atom stereocenters. The zero-order chi connectivity index (χ0) is 7.90. The first-order valence-corrected chi connectivity index (χ1v) is 4.73. The van der Waals surface area contributed by atoms with Gasteiger partial charge in [-0.15, -0.1) is 0 Å². The molecule has 0 bridgehead atoms. The lowest BCUT2D eigenvalue weighted by atomic mass is 9.78. The van der Waals surface area contributed by atoms with Crippen LogP contribution in [0, 0.1) is 17.3 Å². The highest BCUT2D eigenvalue weighted by atomic mass is 14.8. The standard InChI is InChI=1S/C9H18N2/c10-5-8-3-1-2-7-4-9(7,8)6-11/h7-8H,1-6,10-11H2. The smallest absolute Gasteiger partial charge is 0.00146 e. The van der Waals surface area contributed by atoms with Gasteiger partial charge >= 0.3 is 0 Å². The van der Waals surface area contributed by atoms with E-state index < -0.39 is 0 Å². The highest BCUT2D eigenvalue weighted by Crippen LogP contribution is 2.63. The Morgan fingerprint density at radius 1 is 1.27 bits per heavy atom. The molecule has 2 rings (SSSR count). The Balaban J connectivity index is 2.07. The summed E-state index contributed by atoms with van der Waals surface area (Å²) in [5.74, 6) is 1.68. The van der Waals surface area contributed by atoms with Crippen LogP contribution in [0.3, 0.4) is 0 Å². The Morgan fingerprint density at radius 2 is 2.09 bits per heavy atom. The summed E-state index contributed by atoms with van der Waals surface area (Å²) < 4.78 is 0. The van der Waals surface area contributed by atoms with Gasteiger partial charge < -0.3 is 11.5 Å². The molecule has 0 spiro atoms. The Hall–Kier alpha value is -0.0800. The second-order valence-corrected chi connectivity index (χ2v) is 4.20. The third kappa shape index (κ3) is 0.926. The summed E-state index contributed by atoms with van der Waals surface area (Å²) in [6.07, 6.45) is 5.48. The van der Waals surface area contributed by atoms with Crippen molar-refractivity contribution in [1.82, 2.24) is 0 Å². The zero-order valence-electron chi connectivity index (χ0n) is 7.05. The van der Waals surface area contributed by atoms with Gasteiger partial charge in [-0.1, -0.05) is 6.42 Å². The van der Waals surface area contributed by atoms with Gasteiger partial charge in [0.1, 0.15) is 0 Å². The molecule has 2 aliphatic rings. The van der Waals surface area contributed by atoms with Crippen LogP contribution >= 0.6 is 0 Å². The molecule has 2 nitrogen and oxygen atoms in total. The molecule has 4 N–H and O–H groups in total. The van der Waals surface area contributed by atoms with E-state index in [4.69, 9.17) is 11.5 Å².